The molecule has 0 aromatic carbocycles. The van der Waals surface area contributed by atoms with E-state index in [1.54, 1.807) is 23.7 Å². The van der Waals surface area contributed by atoms with Crippen LogP contribution in [-0.2, 0) is 6.54 Å². The molecular weight excluding hydrogens is 258 g/mol. The van der Waals surface area contributed by atoms with Crippen molar-refractivity contribution in [1.29, 1.82) is 0 Å². The highest BCUT2D eigenvalue weighted by Gasteiger charge is 2.26. The minimum atomic E-state index is 0.288. The summed E-state index contributed by atoms with van der Waals surface area (Å²) in [4.78, 5) is 15.4. The Kier molecular flexibility index (Phi) is 3.54. The normalized spacial score (nSPS) is 23.9. The molecule has 0 saturated carbocycles. The van der Waals surface area contributed by atoms with Crippen LogP contribution in [0.15, 0.2) is 23.8 Å². The second-order valence-corrected chi connectivity index (χ2v) is 5.91. The Hall–Kier alpha value is -1.37. The molecule has 0 bridgehead atoms. The molecule has 2 atom stereocenters. The largest absolute Gasteiger partial charge is 0.326 e. The third-order valence-electron chi connectivity index (χ3n) is 3.44. The fourth-order valence-electron chi connectivity index (χ4n) is 2.35. The van der Waals surface area contributed by atoms with E-state index in [1.165, 1.54) is 0 Å². The lowest BCUT2D eigenvalue weighted by molar-refractivity contribution is 0.315. The van der Waals surface area contributed by atoms with Gasteiger partial charge in [0, 0.05) is 43.4 Å². The highest BCUT2D eigenvalue weighted by Crippen LogP contribution is 2.22. The molecule has 1 aliphatic heterocycles. The van der Waals surface area contributed by atoms with Gasteiger partial charge < -0.3 is 5.73 Å². The topological polar surface area (TPSA) is 67.9 Å². The fraction of sp³-hybridized carbons (Fsp3) is 0.462. The molecule has 1 saturated heterocycles. The number of hydrogen-bond donors (Lipinski definition) is 1. The van der Waals surface area contributed by atoms with Crippen LogP contribution in [0.3, 0.4) is 0 Å². The molecule has 100 valence electrons. The van der Waals surface area contributed by atoms with E-state index in [1.807, 2.05) is 6.07 Å². The van der Waals surface area contributed by atoms with Crippen LogP contribution in [0.4, 0.5) is 0 Å². The van der Waals surface area contributed by atoms with Crippen LogP contribution in [0.2, 0.25) is 0 Å². The van der Waals surface area contributed by atoms with Gasteiger partial charge in [0.1, 0.15) is 0 Å². The summed E-state index contributed by atoms with van der Waals surface area (Å²) in [5, 5.41) is 2.97. The molecule has 2 aromatic rings. The lowest BCUT2D eigenvalue weighted by Crippen LogP contribution is -2.28. The Balaban J connectivity index is 1.69. The Morgan fingerprint density at radius 2 is 2.16 bits per heavy atom. The fourth-order valence-corrected chi connectivity index (χ4v) is 3.10. The molecule has 3 rings (SSSR count). The first kappa shape index (κ1) is 12.7. The van der Waals surface area contributed by atoms with Gasteiger partial charge in [-0.2, -0.15) is 0 Å². The van der Waals surface area contributed by atoms with Crippen LogP contribution in [0.25, 0.3) is 10.8 Å². The molecule has 0 amide bonds. The first-order valence-corrected chi connectivity index (χ1v) is 7.30. The highest BCUT2D eigenvalue weighted by atomic mass is 32.1. The van der Waals surface area contributed by atoms with Crippen LogP contribution in [0.5, 0.6) is 0 Å². The standard InChI is InChI=1S/C13H17N5S/c1-9-5-18(7-11(9)14)6-10-8-19-13(17-10)12-15-3-2-4-16-12/h2-4,8-9,11H,5-7,14H2,1H3. The summed E-state index contributed by atoms with van der Waals surface area (Å²) in [6.45, 7) is 5.07. The summed E-state index contributed by atoms with van der Waals surface area (Å²) in [7, 11) is 0. The first-order chi connectivity index (χ1) is 9.22. The van der Waals surface area contributed by atoms with Crippen LogP contribution in [0, 0.1) is 5.92 Å². The summed E-state index contributed by atoms with van der Waals surface area (Å²) in [5.41, 5.74) is 7.12. The minimum Gasteiger partial charge on any atom is -0.326 e. The van der Waals surface area contributed by atoms with Crippen molar-refractivity contribution in [3.8, 4) is 10.8 Å². The third-order valence-corrected chi connectivity index (χ3v) is 4.33. The predicted octanol–water partition coefficient (Wildman–Crippen LogP) is 1.38. The Morgan fingerprint density at radius 1 is 1.37 bits per heavy atom. The van der Waals surface area contributed by atoms with Gasteiger partial charge in [-0.3, -0.25) is 4.90 Å². The Morgan fingerprint density at radius 3 is 2.84 bits per heavy atom. The maximum Gasteiger partial charge on any atom is 0.188 e. The van der Waals surface area contributed by atoms with E-state index >= 15 is 0 Å². The van der Waals surface area contributed by atoms with Crippen molar-refractivity contribution in [2.24, 2.45) is 11.7 Å². The molecule has 2 N–H and O–H groups in total. The molecular formula is C13H17N5S. The molecule has 5 nitrogen and oxygen atoms in total. The monoisotopic (exact) mass is 275 g/mol. The van der Waals surface area contributed by atoms with E-state index in [4.69, 9.17) is 5.73 Å². The van der Waals surface area contributed by atoms with Crippen molar-refractivity contribution in [3.05, 3.63) is 29.5 Å². The van der Waals surface area contributed by atoms with Crippen LogP contribution in [0.1, 0.15) is 12.6 Å². The third kappa shape index (κ3) is 2.80. The maximum atomic E-state index is 6.04. The van der Waals surface area contributed by atoms with E-state index in [0.717, 1.165) is 30.3 Å². The van der Waals surface area contributed by atoms with E-state index in [-0.39, 0.29) is 6.04 Å². The zero-order valence-electron chi connectivity index (χ0n) is 10.9. The zero-order chi connectivity index (χ0) is 13.2. The lowest BCUT2D eigenvalue weighted by atomic mass is 10.1. The van der Waals surface area contributed by atoms with E-state index in [9.17, 15) is 0 Å². The number of aromatic nitrogens is 3. The number of hydrogen-bond acceptors (Lipinski definition) is 6. The SMILES string of the molecule is CC1CN(Cc2csc(-c3ncccn3)n2)CC1N. The Bertz CT molecular complexity index is 531. The van der Waals surface area contributed by atoms with E-state index < -0.39 is 0 Å². The van der Waals surface area contributed by atoms with Gasteiger partial charge in [-0.1, -0.05) is 6.92 Å². The predicted molar refractivity (Wildman–Crippen MR) is 75.6 cm³/mol. The average molecular weight is 275 g/mol. The Labute approximate surface area is 116 Å². The van der Waals surface area contributed by atoms with Crippen molar-refractivity contribution < 1.29 is 0 Å². The molecule has 2 unspecified atom stereocenters. The lowest BCUT2D eigenvalue weighted by Gasteiger charge is -2.12. The number of thiazole rings is 1. The molecule has 1 fully saturated rings. The molecule has 3 heterocycles. The van der Waals surface area contributed by atoms with Crippen LogP contribution < -0.4 is 5.73 Å². The van der Waals surface area contributed by atoms with Crippen molar-refractivity contribution in [2.75, 3.05) is 13.1 Å². The molecule has 0 spiro atoms. The quantitative estimate of drug-likeness (QED) is 0.916. The molecule has 0 radical (unpaired) electrons. The van der Waals surface area contributed by atoms with Gasteiger partial charge >= 0.3 is 0 Å². The van der Waals surface area contributed by atoms with Gasteiger partial charge in [-0.05, 0) is 12.0 Å². The van der Waals surface area contributed by atoms with Gasteiger partial charge in [-0.25, -0.2) is 15.0 Å². The van der Waals surface area contributed by atoms with Crippen molar-refractivity contribution in [2.45, 2.75) is 19.5 Å². The molecule has 2 aromatic heterocycles. The van der Waals surface area contributed by atoms with E-state index in [0.29, 0.717) is 11.7 Å². The molecule has 19 heavy (non-hydrogen) atoms. The average Bonchev–Trinajstić information content (AvgIpc) is 2.99. The van der Waals surface area contributed by atoms with Gasteiger partial charge in [0.25, 0.3) is 0 Å². The smallest absolute Gasteiger partial charge is 0.188 e. The first-order valence-electron chi connectivity index (χ1n) is 6.42. The van der Waals surface area contributed by atoms with Crippen molar-refractivity contribution >= 4 is 11.3 Å². The van der Waals surface area contributed by atoms with Gasteiger partial charge in [0.2, 0.25) is 0 Å². The minimum absolute atomic E-state index is 0.288. The number of nitrogens with zero attached hydrogens (tertiary/aromatic N) is 4. The summed E-state index contributed by atoms with van der Waals surface area (Å²) in [6.07, 6.45) is 3.48. The second-order valence-electron chi connectivity index (χ2n) is 5.05. The number of nitrogens with two attached hydrogens (primary N) is 1. The number of likely N-dealkylation sites (tertiary alicyclic amines) is 1. The van der Waals surface area contributed by atoms with Crippen LogP contribution in [-0.4, -0.2) is 39.0 Å². The summed E-state index contributed by atoms with van der Waals surface area (Å²) >= 11 is 1.59. The van der Waals surface area contributed by atoms with Crippen molar-refractivity contribution in [1.82, 2.24) is 19.9 Å². The molecule has 6 heteroatoms. The summed E-state index contributed by atoms with van der Waals surface area (Å²) < 4.78 is 0. The zero-order valence-corrected chi connectivity index (χ0v) is 11.7. The van der Waals surface area contributed by atoms with Crippen molar-refractivity contribution in [3.63, 3.8) is 0 Å². The molecule has 0 aliphatic carbocycles. The molecule has 1 aliphatic rings. The van der Waals surface area contributed by atoms with Crippen LogP contribution >= 0.6 is 11.3 Å². The highest BCUT2D eigenvalue weighted by molar-refractivity contribution is 7.13. The number of rotatable bonds is 3. The second kappa shape index (κ2) is 5.32. The van der Waals surface area contributed by atoms with Gasteiger partial charge in [0.05, 0.1) is 5.69 Å². The summed E-state index contributed by atoms with van der Waals surface area (Å²) in [5.74, 6) is 1.26. The maximum absolute atomic E-state index is 6.04. The van der Waals surface area contributed by atoms with Gasteiger partial charge in [-0.15, -0.1) is 11.3 Å². The van der Waals surface area contributed by atoms with Gasteiger partial charge in [0.15, 0.2) is 10.8 Å². The summed E-state index contributed by atoms with van der Waals surface area (Å²) in [6, 6.07) is 2.10. The van der Waals surface area contributed by atoms with E-state index in [2.05, 4.69) is 32.2 Å².